The van der Waals surface area contributed by atoms with Gasteiger partial charge in [-0.15, -0.1) is 0 Å². The number of nitrogens with zero attached hydrogens (tertiary/aromatic N) is 4. The Morgan fingerprint density at radius 1 is 1.55 bits per heavy atom. The molecule has 1 aliphatic heterocycles. The molecule has 0 saturated carbocycles. The molecule has 1 unspecified atom stereocenters. The summed E-state index contributed by atoms with van der Waals surface area (Å²) in [7, 11) is 4.02. The molecule has 0 radical (unpaired) electrons. The van der Waals surface area contributed by atoms with Gasteiger partial charge in [-0.25, -0.2) is 4.79 Å². The van der Waals surface area contributed by atoms with E-state index in [1.54, 1.807) is 24.9 Å². The lowest BCUT2D eigenvalue weighted by Gasteiger charge is -2.33. The van der Waals surface area contributed by atoms with Crippen LogP contribution in [0.1, 0.15) is 26.7 Å². The summed E-state index contributed by atoms with van der Waals surface area (Å²) >= 11 is 0. The van der Waals surface area contributed by atoms with Crippen molar-refractivity contribution < 1.29 is 9.90 Å². The van der Waals surface area contributed by atoms with Gasteiger partial charge < -0.3 is 20.2 Å². The number of likely N-dealkylation sites (tertiary alicyclic amines) is 1. The second-order valence-electron chi connectivity index (χ2n) is 6.73. The largest absolute Gasteiger partial charge is 0.388 e. The Hall–Kier alpha value is -1.60. The van der Waals surface area contributed by atoms with Crippen LogP contribution in [0.3, 0.4) is 0 Å². The number of hydrogen-bond acceptors (Lipinski definition) is 4. The summed E-state index contributed by atoms with van der Waals surface area (Å²) in [5.41, 5.74) is -0.200. The molecule has 1 fully saturated rings. The molecule has 0 bridgehead atoms. The van der Waals surface area contributed by atoms with E-state index in [9.17, 15) is 9.90 Å². The number of aromatic nitrogens is 2. The summed E-state index contributed by atoms with van der Waals surface area (Å²) < 4.78 is 1.81. The molecule has 0 aromatic carbocycles. The van der Waals surface area contributed by atoms with Gasteiger partial charge in [0.1, 0.15) is 0 Å². The van der Waals surface area contributed by atoms with Gasteiger partial charge in [0.05, 0.1) is 30.1 Å². The topological polar surface area (TPSA) is 73.6 Å². The zero-order valence-electron chi connectivity index (χ0n) is 13.9. The van der Waals surface area contributed by atoms with E-state index in [4.69, 9.17) is 0 Å². The smallest absolute Gasteiger partial charge is 0.322 e. The van der Waals surface area contributed by atoms with Crippen LogP contribution in [-0.2, 0) is 6.54 Å². The van der Waals surface area contributed by atoms with Crippen molar-refractivity contribution in [2.24, 2.45) is 0 Å². The van der Waals surface area contributed by atoms with Crippen LogP contribution in [0.15, 0.2) is 12.4 Å². The average Bonchev–Trinajstić information content (AvgIpc) is 3.04. The molecule has 7 heteroatoms. The van der Waals surface area contributed by atoms with Crippen molar-refractivity contribution in [3.8, 4) is 0 Å². The third-order valence-corrected chi connectivity index (χ3v) is 3.99. The van der Waals surface area contributed by atoms with Crippen LogP contribution in [0.25, 0.3) is 0 Å². The first-order chi connectivity index (χ1) is 10.3. The SMILES string of the molecule is CN(C)CCn1cc(NC(=O)N2CCCC2C(C)(C)O)cn1. The first-order valence-corrected chi connectivity index (χ1v) is 7.74. The van der Waals surface area contributed by atoms with E-state index in [0.29, 0.717) is 12.2 Å². The van der Waals surface area contributed by atoms with E-state index in [1.165, 1.54) is 0 Å². The Kier molecular flexibility index (Phi) is 5.08. The lowest BCUT2D eigenvalue weighted by Crippen LogP contribution is -2.49. The third-order valence-electron chi connectivity index (χ3n) is 3.99. The quantitative estimate of drug-likeness (QED) is 0.857. The second kappa shape index (κ2) is 6.66. The van der Waals surface area contributed by atoms with E-state index < -0.39 is 5.60 Å². The average molecular weight is 309 g/mol. The molecule has 2 N–H and O–H groups in total. The van der Waals surface area contributed by atoms with Crippen molar-refractivity contribution in [3.63, 3.8) is 0 Å². The normalized spacial score (nSPS) is 19.0. The van der Waals surface area contributed by atoms with Crippen LogP contribution in [0.4, 0.5) is 10.5 Å². The Labute approximate surface area is 131 Å². The van der Waals surface area contributed by atoms with Crippen LogP contribution in [0.2, 0.25) is 0 Å². The number of aliphatic hydroxyl groups is 1. The highest BCUT2D eigenvalue weighted by molar-refractivity contribution is 5.89. The highest BCUT2D eigenvalue weighted by atomic mass is 16.3. The van der Waals surface area contributed by atoms with E-state index >= 15 is 0 Å². The summed E-state index contributed by atoms with van der Waals surface area (Å²) in [5, 5.41) is 17.3. The number of carbonyl (C=O) groups excluding carboxylic acids is 1. The fraction of sp³-hybridized carbons (Fsp3) is 0.733. The number of nitrogens with one attached hydrogen (secondary N) is 1. The lowest BCUT2D eigenvalue weighted by molar-refractivity contribution is 0.0117. The van der Waals surface area contributed by atoms with Crippen LogP contribution < -0.4 is 5.32 Å². The molecule has 1 aromatic heterocycles. The molecule has 2 amide bonds. The Balaban J connectivity index is 1.94. The highest BCUT2D eigenvalue weighted by Gasteiger charge is 2.38. The molecule has 22 heavy (non-hydrogen) atoms. The maximum Gasteiger partial charge on any atom is 0.322 e. The number of hydrogen-bond donors (Lipinski definition) is 2. The summed E-state index contributed by atoms with van der Waals surface area (Å²) in [4.78, 5) is 16.2. The van der Waals surface area contributed by atoms with Gasteiger partial charge in [0, 0.05) is 19.3 Å². The van der Waals surface area contributed by atoms with Gasteiger partial charge in [0.25, 0.3) is 0 Å². The van der Waals surface area contributed by atoms with Crippen molar-refractivity contribution in [3.05, 3.63) is 12.4 Å². The molecule has 1 atom stereocenters. The standard InChI is InChI=1S/C15H27N5O2/c1-15(2,22)13-6-5-7-20(13)14(21)17-12-10-16-19(11-12)9-8-18(3)4/h10-11,13,22H,5-9H2,1-4H3,(H,17,21). The summed E-state index contributed by atoms with van der Waals surface area (Å²) in [6, 6.07) is -0.312. The van der Waals surface area contributed by atoms with E-state index in [0.717, 1.165) is 25.9 Å². The van der Waals surface area contributed by atoms with Gasteiger partial charge in [0.2, 0.25) is 0 Å². The van der Waals surface area contributed by atoms with Gasteiger partial charge >= 0.3 is 6.03 Å². The molecule has 0 aliphatic carbocycles. The predicted molar refractivity (Wildman–Crippen MR) is 85.8 cm³/mol. The van der Waals surface area contributed by atoms with Gasteiger partial charge in [-0.2, -0.15) is 5.10 Å². The van der Waals surface area contributed by atoms with Gasteiger partial charge in [0.15, 0.2) is 0 Å². The minimum atomic E-state index is -0.885. The first-order valence-electron chi connectivity index (χ1n) is 7.74. The molecule has 0 spiro atoms. The molecule has 2 rings (SSSR count). The van der Waals surface area contributed by atoms with Gasteiger partial charge in [-0.05, 0) is 40.8 Å². The van der Waals surface area contributed by atoms with Crippen LogP contribution in [-0.4, -0.2) is 69.5 Å². The van der Waals surface area contributed by atoms with Crippen LogP contribution in [0, 0.1) is 0 Å². The Bertz CT molecular complexity index is 506. The zero-order valence-corrected chi connectivity index (χ0v) is 13.9. The number of amides is 2. The van der Waals surface area contributed by atoms with Gasteiger partial charge in [-0.3, -0.25) is 4.68 Å². The number of carbonyl (C=O) groups is 1. The fourth-order valence-electron chi connectivity index (χ4n) is 2.79. The molecule has 1 aliphatic rings. The lowest BCUT2D eigenvalue weighted by atomic mass is 9.97. The Morgan fingerprint density at radius 3 is 2.91 bits per heavy atom. The van der Waals surface area contributed by atoms with E-state index in [2.05, 4.69) is 15.3 Å². The molecular formula is C15H27N5O2. The van der Waals surface area contributed by atoms with Crippen LogP contribution in [0.5, 0.6) is 0 Å². The molecule has 7 nitrogen and oxygen atoms in total. The maximum absolute atomic E-state index is 12.4. The van der Waals surface area contributed by atoms with Crippen molar-refractivity contribution in [1.82, 2.24) is 19.6 Å². The molecule has 1 aromatic rings. The fourth-order valence-corrected chi connectivity index (χ4v) is 2.79. The van der Waals surface area contributed by atoms with E-state index in [-0.39, 0.29) is 12.1 Å². The highest BCUT2D eigenvalue weighted by Crippen LogP contribution is 2.27. The monoisotopic (exact) mass is 309 g/mol. The number of rotatable bonds is 5. The summed E-state index contributed by atoms with van der Waals surface area (Å²) in [6.45, 7) is 5.85. The van der Waals surface area contributed by atoms with Crippen molar-refractivity contribution in [2.75, 3.05) is 32.5 Å². The first kappa shape index (κ1) is 16.8. The van der Waals surface area contributed by atoms with Crippen LogP contribution >= 0.6 is 0 Å². The van der Waals surface area contributed by atoms with Crippen molar-refractivity contribution in [2.45, 2.75) is 44.9 Å². The Morgan fingerprint density at radius 2 is 2.27 bits per heavy atom. The molecular weight excluding hydrogens is 282 g/mol. The number of likely N-dealkylation sites (N-methyl/N-ethyl adjacent to an activating group) is 1. The predicted octanol–water partition coefficient (Wildman–Crippen LogP) is 1.21. The second-order valence-corrected chi connectivity index (χ2v) is 6.73. The molecule has 2 heterocycles. The van der Waals surface area contributed by atoms with E-state index in [1.807, 2.05) is 25.0 Å². The van der Waals surface area contributed by atoms with Gasteiger partial charge in [-0.1, -0.05) is 0 Å². The number of urea groups is 1. The number of anilines is 1. The zero-order chi connectivity index (χ0) is 16.3. The summed E-state index contributed by atoms with van der Waals surface area (Å²) in [5.74, 6) is 0. The minimum Gasteiger partial charge on any atom is -0.388 e. The molecule has 124 valence electrons. The maximum atomic E-state index is 12.4. The third kappa shape index (κ3) is 4.20. The molecule has 1 saturated heterocycles. The van der Waals surface area contributed by atoms with Crippen molar-refractivity contribution >= 4 is 11.7 Å². The summed E-state index contributed by atoms with van der Waals surface area (Å²) in [6.07, 6.45) is 5.24. The minimum absolute atomic E-state index is 0.142. The van der Waals surface area contributed by atoms with Crippen molar-refractivity contribution in [1.29, 1.82) is 0 Å².